The van der Waals surface area contributed by atoms with Crippen LogP contribution in [0.1, 0.15) is 15.9 Å². The molecule has 1 unspecified atom stereocenters. The fourth-order valence-electron chi connectivity index (χ4n) is 1.11. The molecule has 0 aliphatic rings. The van der Waals surface area contributed by atoms with Crippen LogP contribution in [0, 0.1) is 0 Å². The first-order valence-corrected chi connectivity index (χ1v) is 5.71. The van der Waals surface area contributed by atoms with E-state index in [9.17, 15) is 5.11 Å². The molecule has 0 bridgehead atoms. The molecular weight excluding hydrogens is 202 g/mol. The van der Waals surface area contributed by atoms with Gasteiger partial charge in [-0.3, -0.25) is 4.98 Å². The third kappa shape index (κ3) is 2.15. The van der Waals surface area contributed by atoms with E-state index in [-0.39, 0.29) is 6.10 Å². The molecule has 2 rings (SSSR count). The largest absolute Gasteiger partial charge is 0.387 e. The molecule has 1 N–H and O–H groups in total. The lowest BCUT2D eigenvalue weighted by molar-refractivity contribution is 0.183. The van der Waals surface area contributed by atoms with Crippen LogP contribution in [0.3, 0.4) is 0 Å². The molecule has 0 aliphatic carbocycles. The third-order valence-corrected chi connectivity index (χ3v) is 3.53. The van der Waals surface area contributed by atoms with Gasteiger partial charge in [0, 0.05) is 22.4 Å². The maximum atomic E-state index is 9.77. The molecule has 0 aliphatic heterocycles. The summed E-state index contributed by atoms with van der Waals surface area (Å²) >= 11 is 3.17. The molecule has 0 fully saturated rings. The first kappa shape index (κ1) is 8.87. The molecule has 0 saturated heterocycles. The number of rotatable bonds is 3. The van der Waals surface area contributed by atoms with Gasteiger partial charge in [0.25, 0.3) is 0 Å². The Morgan fingerprint density at radius 3 is 3.00 bits per heavy atom. The molecule has 0 saturated carbocycles. The average molecular weight is 211 g/mol. The van der Waals surface area contributed by atoms with Gasteiger partial charge >= 0.3 is 0 Å². The summed E-state index contributed by atoms with van der Waals surface area (Å²) in [6.45, 7) is 0. The molecular formula is C9H9NOS2. The smallest absolute Gasteiger partial charge is 0.0930 e. The van der Waals surface area contributed by atoms with Crippen molar-refractivity contribution in [1.82, 2.24) is 4.98 Å². The molecule has 68 valence electrons. The fourth-order valence-corrected chi connectivity index (χ4v) is 2.46. The number of hydrogen-bond donors (Lipinski definition) is 1. The molecule has 2 aromatic heterocycles. The van der Waals surface area contributed by atoms with Crippen LogP contribution in [0.4, 0.5) is 0 Å². The fraction of sp³-hybridized carbons (Fsp3) is 0.222. The molecule has 0 spiro atoms. The zero-order valence-electron chi connectivity index (χ0n) is 6.88. The Morgan fingerprint density at radius 1 is 1.46 bits per heavy atom. The first-order valence-electron chi connectivity index (χ1n) is 3.95. The normalized spacial score (nSPS) is 13.0. The summed E-state index contributed by atoms with van der Waals surface area (Å²) < 4.78 is 0. The average Bonchev–Trinajstić information content (AvgIpc) is 2.74. The van der Waals surface area contributed by atoms with Gasteiger partial charge in [-0.25, -0.2) is 0 Å². The van der Waals surface area contributed by atoms with Crippen molar-refractivity contribution in [2.24, 2.45) is 0 Å². The van der Waals surface area contributed by atoms with E-state index in [0.717, 1.165) is 9.75 Å². The predicted octanol–water partition coefficient (Wildman–Crippen LogP) is 2.48. The molecule has 2 heterocycles. The lowest BCUT2D eigenvalue weighted by Gasteiger charge is -2.05. The minimum absolute atomic E-state index is 0.375. The minimum atomic E-state index is -0.375. The van der Waals surface area contributed by atoms with Gasteiger partial charge in [-0.1, -0.05) is 6.07 Å². The maximum Gasteiger partial charge on any atom is 0.0930 e. The predicted molar refractivity (Wildman–Crippen MR) is 55.1 cm³/mol. The zero-order valence-corrected chi connectivity index (χ0v) is 8.52. The lowest BCUT2D eigenvalue weighted by Crippen LogP contribution is -1.97. The summed E-state index contributed by atoms with van der Waals surface area (Å²) in [5, 5.41) is 11.7. The summed E-state index contributed by atoms with van der Waals surface area (Å²) in [6, 6.07) is 3.91. The second-order valence-corrected chi connectivity index (χ2v) is 4.65. The standard InChI is InChI=1S/C9H9NOS2/c11-8(9-2-1-3-12-9)4-7-5-10-6-13-7/h1-3,5-6,8,11H,4H2. The number of aromatic nitrogens is 1. The Kier molecular flexibility index (Phi) is 2.73. The SMILES string of the molecule is OC(Cc1cncs1)c1cccs1. The highest BCUT2D eigenvalue weighted by molar-refractivity contribution is 7.10. The van der Waals surface area contributed by atoms with E-state index >= 15 is 0 Å². The lowest BCUT2D eigenvalue weighted by atomic mass is 10.2. The summed E-state index contributed by atoms with van der Waals surface area (Å²) in [5.41, 5.74) is 1.79. The van der Waals surface area contributed by atoms with Crippen LogP contribution in [0.15, 0.2) is 29.2 Å². The van der Waals surface area contributed by atoms with E-state index in [2.05, 4.69) is 4.98 Å². The van der Waals surface area contributed by atoms with Crippen molar-refractivity contribution in [3.63, 3.8) is 0 Å². The summed E-state index contributed by atoms with van der Waals surface area (Å²) in [5.74, 6) is 0. The van der Waals surface area contributed by atoms with Crippen molar-refractivity contribution in [3.05, 3.63) is 39.0 Å². The number of aliphatic hydroxyl groups excluding tert-OH is 1. The molecule has 1 atom stereocenters. The molecule has 0 aromatic carbocycles. The van der Waals surface area contributed by atoms with Crippen LogP contribution in [0.2, 0.25) is 0 Å². The van der Waals surface area contributed by atoms with Gasteiger partial charge in [0.05, 0.1) is 11.6 Å². The molecule has 13 heavy (non-hydrogen) atoms. The van der Waals surface area contributed by atoms with E-state index in [1.165, 1.54) is 0 Å². The highest BCUT2D eigenvalue weighted by Gasteiger charge is 2.09. The van der Waals surface area contributed by atoms with Gasteiger partial charge in [0.15, 0.2) is 0 Å². The topological polar surface area (TPSA) is 33.1 Å². The monoisotopic (exact) mass is 211 g/mol. The van der Waals surface area contributed by atoms with E-state index < -0.39 is 0 Å². The van der Waals surface area contributed by atoms with Crippen LogP contribution < -0.4 is 0 Å². The van der Waals surface area contributed by atoms with Gasteiger partial charge in [-0.15, -0.1) is 22.7 Å². The summed E-state index contributed by atoms with van der Waals surface area (Å²) in [6.07, 6.45) is 2.10. The van der Waals surface area contributed by atoms with Crippen molar-refractivity contribution in [1.29, 1.82) is 0 Å². The number of nitrogens with zero attached hydrogens (tertiary/aromatic N) is 1. The van der Waals surface area contributed by atoms with Crippen LogP contribution >= 0.6 is 22.7 Å². The van der Waals surface area contributed by atoms with E-state index in [1.54, 1.807) is 28.2 Å². The highest BCUT2D eigenvalue weighted by Crippen LogP contribution is 2.23. The van der Waals surface area contributed by atoms with Crippen molar-refractivity contribution >= 4 is 22.7 Å². The second kappa shape index (κ2) is 4.00. The number of thiazole rings is 1. The molecule has 0 radical (unpaired) electrons. The van der Waals surface area contributed by atoms with Crippen molar-refractivity contribution in [2.75, 3.05) is 0 Å². The van der Waals surface area contributed by atoms with Gasteiger partial charge in [0.2, 0.25) is 0 Å². The van der Waals surface area contributed by atoms with Crippen molar-refractivity contribution in [3.8, 4) is 0 Å². The Bertz CT molecular complexity index is 342. The highest BCUT2D eigenvalue weighted by atomic mass is 32.1. The van der Waals surface area contributed by atoms with Gasteiger partial charge in [-0.2, -0.15) is 0 Å². The molecule has 2 nitrogen and oxygen atoms in total. The molecule has 0 amide bonds. The van der Waals surface area contributed by atoms with Gasteiger partial charge < -0.3 is 5.11 Å². The minimum Gasteiger partial charge on any atom is -0.387 e. The second-order valence-electron chi connectivity index (χ2n) is 2.70. The van der Waals surface area contributed by atoms with Crippen molar-refractivity contribution < 1.29 is 5.11 Å². The Labute approximate surface area is 84.5 Å². The number of hydrogen-bond acceptors (Lipinski definition) is 4. The van der Waals surface area contributed by atoms with E-state index in [0.29, 0.717) is 6.42 Å². The Morgan fingerprint density at radius 2 is 2.38 bits per heavy atom. The van der Waals surface area contributed by atoms with Gasteiger partial charge in [-0.05, 0) is 11.4 Å². The maximum absolute atomic E-state index is 9.77. The zero-order chi connectivity index (χ0) is 9.10. The van der Waals surface area contributed by atoms with Crippen LogP contribution in [0.5, 0.6) is 0 Å². The van der Waals surface area contributed by atoms with Gasteiger partial charge in [0.1, 0.15) is 0 Å². The van der Waals surface area contributed by atoms with Crippen molar-refractivity contribution in [2.45, 2.75) is 12.5 Å². The number of thiophene rings is 1. The Hall–Kier alpha value is -0.710. The first-order chi connectivity index (χ1) is 6.36. The molecule has 4 heteroatoms. The summed E-state index contributed by atoms with van der Waals surface area (Å²) in [4.78, 5) is 6.11. The van der Waals surface area contributed by atoms with E-state index in [4.69, 9.17) is 0 Å². The van der Waals surface area contributed by atoms with Crippen LogP contribution in [-0.2, 0) is 6.42 Å². The summed E-state index contributed by atoms with van der Waals surface area (Å²) in [7, 11) is 0. The third-order valence-electron chi connectivity index (χ3n) is 1.75. The van der Waals surface area contributed by atoms with Crippen LogP contribution in [0.25, 0.3) is 0 Å². The number of aliphatic hydroxyl groups is 1. The molecule has 2 aromatic rings. The Balaban J connectivity index is 2.04. The van der Waals surface area contributed by atoms with Crippen LogP contribution in [-0.4, -0.2) is 10.1 Å². The quantitative estimate of drug-likeness (QED) is 0.846. The van der Waals surface area contributed by atoms with E-state index in [1.807, 2.05) is 23.7 Å².